The molecular formula is C10H19N3O. The van der Waals surface area contributed by atoms with Crippen LogP contribution in [0, 0.1) is 5.92 Å². The van der Waals surface area contributed by atoms with E-state index in [1.807, 2.05) is 0 Å². The Morgan fingerprint density at radius 3 is 2.64 bits per heavy atom. The van der Waals surface area contributed by atoms with Gasteiger partial charge in [-0.3, -0.25) is 15.6 Å². The van der Waals surface area contributed by atoms with Crippen LogP contribution >= 0.6 is 0 Å². The SMILES string of the molecule is NC(=O)C1CNNC2(CCCCC2)C1. The van der Waals surface area contributed by atoms with Crippen molar-refractivity contribution in [3.05, 3.63) is 0 Å². The number of carbonyl (C=O) groups excluding carboxylic acids is 1. The quantitative estimate of drug-likeness (QED) is 0.566. The standard InChI is InChI=1S/C10H19N3O/c11-9(14)8-6-10(13-12-7-8)4-2-1-3-5-10/h8,12-13H,1-7H2,(H2,11,14). The van der Waals surface area contributed by atoms with Crippen LogP contribution in [0.15, 0.2) is 0 Å². The molecule has 1 heterocycles. The lowest BCUT2D eigenvalue weighted by Crippen LogP contribution is -2.61. The average molecular weight is 197 g/mol. The third-order valence-corrected chi connectivity index (χ3v) is 3.55. The van der Waals surface area contributed by atoms with Crippen LogP contribution in [-0.2, 0) is 4.79 Å². The highest BCUT2D eigenvalue weighted by molar-refractivity contribution is 5.77. The molecule has 1 aliphatic carbocycles. The van der Waals surface area contributed by atoms with E-state index in [2.05, 4.69) is 10.9 Å². The van der Waals surface area contributed by atoms with Crippen LogP contribution in [0.4, 0.5) is 0 Å². The van der Waals surface area contributed by atoms with E-state index >= 15 is 0 Å². The molecule has 0 radical (unpaired) electrons. The molecule has 1 unspecified atom stereocenters. The molecule has 1 spiro atoms. The molecule has 0 aromatic heterocycles. The van der Waals surface area contributed by atoms with Crippen molar-refractivity contribution in [2.45, 2.75) is 44.1 Å². The van der Waals surface area contributed by atoms with Crippen molar-refractivity contribution < 1.29 is 4.79 Å². The highest BCUT2D eigenvalue weighted by atomic mass is 16.1. The van der Waals surface area contributed by atoms with E-state index in [-0.39, 0.29) is 17.4 Å². The zero-order valence-corrected chi connectivity index (χ0v) is 8.51. The largest absolute Gasteiger partial charge is 0.369 e. The molecule has 0 bridgehead atoms. The van der Waals surface area contributed by atoms with Crippen molar-refractivity contribution in [3.8, 4) is 0 Å². The van der Waals surface area contributed by atoms with Crippen molar-refractivity contribution in [1.29, 1.82) is 0 Å². The van der Waals surface area contributed by atoms with Crippen molar-refractivity contribution in [1.82, 2.24) is 10.9 Å². The minimum atomic E-state index is -0.163. The lowest BCUT2D eigenvalue weighted by atomic mass is 9.75. The van der Waals surface area contributed by atoms with Gasteiger partial charge in [-0.2, -0.15) is 0 Å². The maximum absolute atomic E-state index is 11.1. The molecule has 2 aliphatic rings. The molecule has 4 nitrogen and oxygen atoms in total. The Balaban J connectivity index is 2.01. The smallest absolute Gasteiger partial charge is 0.221 e. The zero-order chi connectivity index (χ0) is 10.0. The normalized spacial score (nSPS) is 31.6. The molecule has 4 N–H and O–H groups in total. The van der Waals surface area contributed by atoms with Gasteiger partial charge in [-0.1, -0.05) is 19.3 Å². The van der Waals surface area contributed by atoms with E-state index in [0.29, 0.717) is 6.54 Å². The van der Waals surface area contributed by atoms with Gasteiger partial charge in [-0.15, -0.1) is 0 Å². The molecule has 1 amide bonds. The summed E-state index contributed by atoms with van der Waals surface area (Å²) < 4.78 is 0. The lowest BCUT2D eigenvalue weighted by Gasteiger charge is -2.44. The van der Waals surface area contributed by atoms with Gasteiger partial charge in [0.25, 0.3) is 0 Å². The summed E-state index contributed by atoms with van der Waals surface area (Å²) in [6.45, 7) is 0.678. The summed E-state index contributed by atoms with van der Waals surface area (Å²) in [4.78, 5) is 11.1. The summed E-state index contributed by atoms with van der Waals surface area (Å²) >= 11 is 0. The molecule has 0 aromatic rings. The Hall–Kier alpha value is -0.610. The van der Waals surface area contributed by atoms with Crippen LogP contribution in [-0.4, -0.2) is 18.0 Å². The molecule has 1 atom stereocenters. The molecule has 4 heteroatoms. The molecule has 0 aromatic carbocycles. The third-order valence-electron chi connectivity index (χ3n) is 3.55. The van der Waals surface area contributed by atoms with Crippen molar-refractivity contribution in [2.75, 3.05) is 6.54 Å². The topological polar surface area (TPSA) is 67.2 Å². The van der Waals surface area contributed by atoms with Crippen LogP contribution in [0.1, 0.15) is 38.5 Å². The van der Waals surface area contributed by atoms with Crippen LogP contribution in [0.2, 0.25) is 0 Å². The van der Waals surface area contributed by atoms with E-state index in [1.165, 1.54) is 32.1 Å². The lowest BCUT2D eigenvalue weighted by molar-refractivity contribution is -0.123. The Labute approximate surface area is 84.6 Å². The van der Waals surface area contributed by atoms with E-state index < -0.39 is 0 Å². The molecule has 2 fully saturated rings. The van der Waals surface area contributed by atoms with Crippen LogP contribution in [0.25, 0.3) is 0 Å². The minimum absolute atomic E-state index is 0.00866. The van der Waals surface area contributed by atoms with Gasteiger partial charge in [0.1, 0.15) is 0 Å². The van der Waals surface area contributed by atoms with E-state index in [0.717, 1.165) is 6.42 Å². The number of primary amides is 1. The number of nitrogens with two attached hydrogens (primary N) is 1. The Bertz CT molecular complexity index is 218. The first-order valence-electron chi connectivity index (χ1n) is 5.51. The van der Waals surface area contributed by atoms with Gasteiger partial charge in [0, 0.05) is 12.1 Å². The number of carbonyl (C=O) groups is 1. The fraction of sp³-hybridized carbons (Fsp3) is 0.900. The van der Waals surface area contributed by atoms with Crippen molar-refractivity contribution in [2.24, 2.45) is 11.7 Å². The summed E-state index contributed by atoms with van der Waals surface area (Å²) in [5.74, 6) is -0.154. The molecule has 14 heavy (non-hydrogen) atoms. The summed E-state index contributed by atoms with van der Waals surface area (Å²) in [6.07, 6.45) is 7.11. The molecule has 80 valence electrons. The van der Waals surface area contributed by atoms with Crippen LogP contribution < -0.4 is 16.6 Å². The molecule has 1 saturated heterocycles. The van der Waals surface area contributed by atoms with E-state index in [4.69, 9.17) is 5.73 Å². The van der Waals surface area contributed by atoms with E-state index in [9.17, 15) is 4.79 Å². The van der Waals surface area contributed by atoms with Gasteiger partial charge in [0.2, 0.25) is 5.91 Å². The maximum atomic E-state index is 11.1. The first-order valence-corrected chi connectivity index (χ1v) is 5.51. The van der Waals surface area contributed by atoms with Crippen molar-refractivity contribution >= 4 is 5.91 Å². The Morgan fingerprint density at radius 2 is 2.00 bits per heavy atom. The van der Waals surface area contributed by atoms with Gasteiger partial charge in [0.05, 0.1) is 5.92 Å². The predicted octanol–water partition coefficient (Wildman–Crippen LogP) is 0.289. The van der Waals surface area contributed by atoms with E-state index in [1.54, 1.807) is 0 Å². The van der Waals surface area contributed by atoms with Gasteiger partial charge >= 0.3 is 0 Å². The molecule has 1 aliphatic heterocycles. The van der Waals surface area contributed by atoms with Gasteiger partial charge in [-0.25, -0.2) is 0 Å². The van der Waals surface area contributed by atoms with Crippen molar-refractivity contribution in [3.63, 3.8) is 0 Å². The number of rotatable bonds is 1. The summed E-state index contributed by atoms with van der Waals surface area (Å²) in [6, 6.07) is 0. The number of hydrogen-bond donors (Lipinski definition) is 3. The summed E-state index contributed by atoms with van der Waals surface area (Å²) in [5, 5.41) is 0. The molecule has 2 rings (SSSR count). The second-order valence-corrected chi connectivity index (χ2v) is 4.65. The van der Waals surface area contributed by atoms with Crippen LogP contribution in [0.5, 0.6) is 0 Å². The number of nitrogens with one attached hydrogen (secondary N) is 2. The first kappa shape index (κ1) is 9.93. The fourth-order valence-corrected chi connectivity index (χ4v) is 2.72. The average Bonchev–Trinajstić information content (AvgIpc) is 2.19. The second kappa shape index (κ2) is 3.87. The van der Waals surface area contributed by atoms with Gasteiger partial charge in [0.15, 0.2) is 0 Å². The Morgan fingerprint density at radius 1 is 1.29 bits per heavy atom. The summed E-state index contributed by atoms with van der Waals surface area (Å²) in [7, 11) is 0. The third kappa shape index (κ3) is 1.91. The maximum Gasteiger partial charge on any atom is 0.221 e. The minimum Gasteiger partial charge on any atom is -0.369 e. The van der Waals surface area contributed by atoms with Gasteiger partial charge < -0.3 is 5.73 Å². The highest BCUT2D eigenvalue weighted by Crippen LogP contribution is 2.34. The predicted molar refractivity (Wildman–Crippen MR) is 54.3 cm³/mol. The van der Waals surface area contributed by atoms with Gasteiger partial charge in [-0.05, 0) is 19.3 Å². The summed E-state index contributed by atoms with van der Waals surface area (Å²) in [5.41, 5.74) is 12.0. The second-order valence-electron chi connectivity index (χ2n) is 4.65. The molecule has 1 saturated carbocycles. The van der Waals surface area contributed by atoms with Crippen LogP contribution in [0.3, 0.4) is 0 Å². The number of amides is 1. The monoisotopic (exact) mass is 197 g/mol. The molecular weight excluding hydrogens is 178 g/mol. The number of hydrazine groups is 1. The highest BCUT2D eigenvalue weighted by Gasteiger charge is 2.38. The first-order chi connectivity index (χ1) is 6.72. The fourth-order valence-electron chi connectivity index (χ4n) is 2.72. The number of hydrogen-bond acceptors (Lipinski definition) is 3. The zero-order valence-electron chi connectivity index (χ0n) is 8.51. The Kier molecular flexibility index (Phi) is 2.74.